The van der Waals surface area contributed by atoms with E-state index in [-0.39, 0.29) is 5.41 Å². The van der Waals surface area contributed by atoms with Crippen molar-refractivity contribution in [3.8, 4) is 55.6 Å². The highest BCUT2D eigenvalue weighted by Gasteiger charge is 2.36. The summed E-state index contributed by atoms with van der Waals surface area (Å²) in [5.74, 6) is 0. The molecule has 0 nitrogen and oxygen atoms in total. The van der Waals surface area contributed by atoms with Crippen molar-refractivity contribution in [2.45, 2.75) is 19.3 Å². The van der Waals surface area contributed by atoms with Gasteiger partial charge in [-0.1, -0.05) is 184 Å². The van der Waals surface area contributed by atoms with Crippen LogP contribution in [0.1, 0.15) is 25.0 Å². The van der Waals surface area contributed by atoms with Crippen LogP contribution in [0, 0.1) is 0 Å². The molecule has 1 aliphatic rings. The van der Waals surface area contributed by atoms with Crippen molar-refractivity contribution >= 4 is 64.6 Å². The fourth-order valence-electron chi connectivity index (χ4n) is 10.8. The summed E-state index contributed by atoms with van der Waals surface area (Å²) in [5.41, 5.74) is 15.3. The second-order valence-corrected chi connectivity index (χ2v) is 18.1. The summed E-state index contributed by atoms with van der Waals surface area (Å²) >= 11 is 0. The zero-order valence-corrected chi connectivity index (χ0v) is 35.3. The van der Waals surface area contributed by atoms with Gasteiger partial charge in [-0.05, 0) is 180 Å². The van der Waals surface area contributed by atoms with Gasteiger partial charge in [0.2, 0.25) is 0 Å². The van der Waals surface area contributed by atoms with Crippen LogP contribution in [-0.4, -0.2) is 0 Å². The van der Waals surface area contributed by atoms with Crippen LogP contribution in [-0.2, 0) is 5.41 Å². The Morgan fingerprint density at radius 2 is 0.524 bits per heavy atom. The quantitative estimate of drug-likeness (QED) is 0.156. The van der Waals surface area contributed by atoms with E-state index >= 15 is 0 Å². The molecule has 0 fully saturated rings. The standard InChI is InChI=1S/C63H42/c1-63(2)61-37-50(45-18-15-39-9-3-4-10-41(39)31-45)26-29-58(61)59-30-27-51(38-62(59)63)46-24-23-42-32-44(22-21-43(42)33-46)47-19-16-40-17-20-48(35-52(40)34-47)49-25-28-57-55-13-6-5-11-53(55)54-12-7-8-14-56(54)60(57)36-49/h3-38H,1-2H3. The Labute approximate surface area is 367 Å². The van der Waals surface area contributed by atoms with Crippen molar-refractivity contribution in [3.63, 3.8) is 0 Å². The lowest BCUT2D eigenvalue weighted by atomic mass is 9.80. The van der Waals surface area contributed by atoms with Gasteiger partial charge in [-0.15, -0.1) is 0 Å². The first-order valence-electron chi connectivity index (χ1n) is 22.1. The molecule has 0 heterocycles. The van der Waals surface area contributed by atoms with Gasteiger partial charge in [-0.3, -0.25) is 0 Å². The van der Waals surface area contributed by atoms with E-state index in [2.05, 4.69) is 232 Å². The second kappa shape index (κ2) is 13.6. The van der Waals surface area contributed by atoms with E-state index < -0.39 is 0 Å². The van der Waals surface area contributed by atoms with E-state index in [1.165, 1.54) is 131 Å². The van der Waals surface area contributed by atoms with Crippen LogP contribution in [0.5, 0.6) is 0 Å². The highest BCUT2D eigenvalue weighted by Crippen LogP contribution is 2.51. The lowest BCUT2D eigenvalue weighted by Gasteiger charge is -2.22. The van der Waals surface area contributed by atoms with Gasteiger partial charge >= 0.3 is 0 Å². The molecule has 0 bridgehead atoms. The SMILES string of the molecule is CC1(C)c2cc(-c3ccc4ccccc4c3)ccc2-c2ccc(-c3ccc4cc(-c5ccc6ccc(-c7ccc8c9ccccc9c9ccccc9c8c7)cc6c5)ccc4c3)cc21. The molecule has 0 saturated carbocycles. The molecule has 0 spiro atoms. The number of hydrogen-bond donors (Lipinski definition) is 0. The molecule has 0 aromatic heterocycles. The van der Waals surface area contributed by atoms with Crippen molar-refractivity contribution in [1.82, 2.24) is 0 Å². The monoisotopic (exact) mass is 798 g/mol. The van der Waals surface area contributed by atoms with E-state index in [1.54, 1.807) is 0 Å². The Morgan fingerprint density at radius 3 is 1.02 bits per heavy atom. The molecule has 0 N–H and O–H groups in total. The minimum atomic E-state index is -0.112. The summed E-state index contributed by atoms with van der Waals surface area (Å²) in [6, 6.07) is 81.8. The van der Waals surface area contributed by atoms with Crippen LogP contribution in [0.2, 0.25) is 0 Å². The molecular weight excluding hydrogens is 757 g/mol. The van der Waals surface area contributed by atoms with Gasteiger partial charge in [0.05, 0.1) is 0 Å². The lowest BCUT2D eigenvalue weighted by molar-refractivity contribution is 0.661. The summed E-state index contributed by atoms with van der Waals surface area (Å²) in [4.78, 5) is 0. The van der Waals surface area contributed by atoms with Crippen LogP contribution in [0.25, 0.3) is 120 Å². The molecule has 0 atom stereocenters. The summed E-state index contributed by atoms with van der Waals surface area (Å²) in [6.45, 7) is 4.77. The third-order valence-corrected chi connectivity index (χ3v) is 14.2. The summed E-state index contributed by atoms with van der Waals surface area (Å²) < 4.78 is 0. The van der Waals surface area contributed by atoms with Crippen molar-refractivity contribution in [2.24, 2.45) is 0 Å². The van der Waals surface area contributed by atoms with Crippen LogP contribution < -0.4 is 0 Å². The molecule has 1 aliphatic carbocycles. The van der Waals surface area contributed by atoms with Gasteiger partial charge < -0.3 is 0 Å². The zero-order chi connectivity index (χ0) is 41.8. The molecule has 13 rings (SSSR count). The molecule has 0 aliphatic heterocycles. The maximum Gasteiger partial charge on any atom is 0.0159 e. The molecule has 0 saturated heterocycles. The Morgan fingerprint density at radius 1 is 0.222 bits per heavy atom. The fraction of sp³-hybridized carbons (Fsp3) is 0.0476. The lowest BCUT2D eigenvalue weighted by Crippen LogP contribution is -2.15. The third-order valence-electron chi connectivity index (χ3n) is 14.2. The van der Waals surface area contributed by atoms with Gasteiger partial charge in [-0.2, -0.15) is 0 Å². The van der Waals surface area contributed by atoms with Gasteiger partial charge in [0.1, 0.15) is 0 Å². The fourth-order valence-corrected chi connectivity index (χ4v) is 10.8. The number of benzene rings is 12. The Balaban J connectivity index is 0.807. The third kappa shape index (κ3) is 5.68. The first kappa shape index (κ1) is 35.9. The number of fused-ring (bicyclic) bond motifs is 12. The van der Waals surface area contributed by atoms with Crippen LogP contribution in [0.3, 0.4) is 0 Å². The maximum atomic E-state index is 2.44. The molecule has 294 valence electrons. The second-order valence-electron chi connectivity index (χ2n) is 18.1. The van der Waals surface area contributed by atoms with Crippen molar-refractivity contribution in [3.05, 3.63) is 230 Å². The molecule has 63 heavy (non-hydrogen) atoms. The van der Waals surface area contributed by atoms with Crippen molar-refractivity contribution < 1.29 is 0 Å². The summed E-state index contributed by atoms with van der Waals surface area (Å²) in [6.07, 6.45) is 0. The maximum absolute atomic E-state index is 2.44. The Kier molecular flexibility index (Phi) is 7.75. The van der Waals surface area contributed by atoms with E-state index in [9.17, 15) is 0 Å². The van der Waals surface area contributed by atoms with Gasteiger partial charge in [0.25, 0.3) is 0 Å². The Hall–Kier alpha value is -7.80. The predicted molar refractivity (Wildman–Crippen MR) is 271 cm³/mol. The van der Waals surface area contributed by atoms with E-state index in [0.29, 0.717) is 0 Å². The average Bonchev–Trinajstić information content (AvgIpc) is 3.57. The van der Waals surface area contributed by atoms with E-state index in [0.717, 1.165) is 0 Å². The molecule has 12 aromatic carbocycles. The van der Waals surface area contributed by atoms with Gasteiger partial charge in [0, 0.05) is 5.41 Å². The van der Waals surface area contributed by atoms with Crippen LogP contribution in [0.4, 0.5) is 0 Å². The summed E-state index contributed by atoms with van der Waals surface area (Å²) in [5, 5.41) is 15.4. The van der Waals surface area contributed by atoms with E-state index in [1.807, 2.05) is 0 Å². The average molecular weight is 799 g/mol. The van der Waals surface area contributed by atoms with Gasteiger partial charge in [-0.25, -0.2) is 0 Å². The van der Waals surface area contributed by atoms with Gasteiger partial charge in [0.15, 0.2) is 0 Å². The van der Waals surface area contributed by atoms with Crippen molar-refractivity contribution in [2.75, 3.05) is 0 Å². The summed E-state index contributed by atoms with van der Waals surface area (Å²) in [7, 11) is 0. The first-order chi connectivity index (χ1) is 30.9. The first-order valence-corrected chi connectivity index (χ1v) is 22.1. The number of rotatable bonds is 4. The largest absolute Gasteiger partial charge is 0.0616 e. The van der Waals surface area contributed by atoms with Crippen molar-refractivity contribution in [1.29, 1.82) is 0 Å². The highest BCUT2D eigenvalue weighted by molar-refractivity contribution is 6.25. The molecule has 0 radical (unpaired) electrons. The smallest absolute Gasteiger partial charge is 0.0159 e. The topological polar surface area (TPSA) is 0 Å². The predicted octanol–water partition coefficient (Wildman–Crippen LogP) is 17.6. The normalized spacial score (nSPS) is 13.0. The van der Waals surface area contributed by atoms with Crippen LogP contribution in [0.15, 0.2) is 218 Å². The minimum Gasteiger partial charge on any atom is -0.0616 e. The molecule has 0 amide bonds. The molecule has 12 aromatic rings. The molecule has 0 unspecified atom stereocenters. The Bertz CT molecular complexity index is 3840. The number of hydrogen-bond acceptors (Lipinski definition) is 0. The molecule has 0 heteroatoms. The van der Waals surface area contributed by atoms with Crippen LogP contribution >= 0.6 is 0 Å². The van der Waals surface area contributed by atoms with E-state index in [4.69, 9.17) is 0 Å². The highest BCUT2D eigenvalue weighted by atomic mass is 14.4. The molecular formula is C63H42. The minimum absolute atomic E-state index is 0.112. The zero-order valence-electron chi connectivity index (χ0n) is 35.3.